The van der Waals surface area contributed by atoms with Crippen molar-refractivity contribution < 1.29 is 19.4 Å². The molecule has 32 heavy (non-hydrogen) atoms. The minimum absolute atomic E-state index is 0.128. The molecule has 0 aliphatic carbocycles. The van der Waals surface area contributed by atoms with E-state index >= 15 is 0 Å². The second kappa shape index (κ2) is 10.4. The van der Waals surface area contributed by atoms with Crippen molar-refractivity contribution in [1.82, 2.24) is 4.90 Å². The van der Waals surface area contributed by atoms with Crippen LogP contribution in [0.15, 0.2) is 54.1 Å². The highest BCUT2D eigenvalue weighted by molar-refractivity contribution is 6.46. The van der Waals surface area contributed by atoms with Crippen molar-refractivity contribution in [2.75, 3.05) is 31.1 Å². The van der Waals surface area contributed by atoms with Gasteiger partial charge < -0.3 is 19.6 Å². The number of aliphatic hydroxyl groups excluding tert-OH is 1. The van der Waals surface area contributed by atoms with E-state index in [4.69, 9.17) is 4.74 Å². The fourth-order valence-corrected chi connectivity index (χ4v) is 4.19. The lowest BCUT2D eigenvalue weighted by atomic mass is 9.95. The van der Waals surface area contributed by atoms with Crippen LogP contribution in [0.3, 0.4) is 0 Å². The van der Waals surface area contributed by atoms with Crippen LogP contribution in [0.2, 0.25) is 0 Å². The number of anilines is 1. The van der Waals surface area contributed by atoms with E-state index in [1.54, 1.807) is 29.2 Å². The Morgan fingerprint density at radius 1 is 0.969 bits per heavy atom. The first-order valence-corrected chi connectivity index (χ1v) is 11.3. The van der Waals surface area contributed by atoms with Crippen LogP contribution >= 0.6 is 0 Å². The minimum atomic E-state index is -0.650. The van der Waals surface area contributed by atoms with Crippen molar-refractivity contribution in [3.8, 4) is 5.75 Å². The Labute approximate surface area is 190 Å². The number of hydrogen-bond donors (Lipinski definition) is 1. The lowest BCUT2D eigenvalue weighted by Crippen LogP contribution is -2.30. The van der Waals surface area contributed by atoms with E-state index < -0.39 is 17.7 Å². The summed E-state index contributed by atoms with van der Waals surface area (Å²) in [6, 6.07) is 14.2. The molecule has 1 atom stereocenters. The third-order valence-corrected chi connectivity index (χ3v) is 5.78. The first-order chi connectivity index (χ1) is 15.5. The Kier molecular flexibility index (Phi) is 7.57. The molecule has 3 rings (SSSR count). The molecular formula is C26H32N2O4. The van der Waals surface area contributed by atoms with E-state index in [2.05, 4.69) is 18.7 Å². The van der Waals surface area contributed by atoms with Crippen molar-refractivity contribution in [3.05, 3.63) is 65.2 Å². The summed E-state index contributed by atoms with van der Waals surface area (Å²) in [5.74, 6) is -0.707. The summed E-state index contributed by atoms with van der Waals surface area (Å²) in [5.41, 5.74) is 2.50. The SMILES string of the molecule is CCCN1C(=O)C(=O)/C(=C(\O)c2ccc(OCC)cc2)C1c1ccc(N(CC)CC)cc1. The number of aliphatic hydroxyl groups is 1. The summed E-state index contributed by atoms with van der Waals surface area (Å²) in [6.07, 6.45) is 0.712. The topological polar surface area (TPSA) is 70.1 Å². The van der Waals surface area contributed by atoms with Gasteiger partial charge in [0, 0.05) is 30.9 Å². The molecular weight excluding hydrogens is 404 g/mol. The van der Waals surface area contributed by atoms with Gasteiger partial charge in [-0.2, -0.15) is 0 Å². The summed E-state index contributed by atoms with van der Waals surface area (Å²) < 4.78 is 5.46. The molecule has 1 fully saturated rings. The summed E-state index contributed by atoms with van der Waals surface area (Å²) in [7, 11) is 0. The molecule has 1 saturated heterocycles. The maximum atomic E-state index is 13.0. The molecule has 0 spiro atoms. The highest BCUT2D eigenvalue weighted by Gasteiger charge is 2.45. The summed E-state index contributed by atoms with van der Waals surface area (Å²) in [4.78, 5) is 29.6. The molecule has 1 aliphatic heterocycles. The number of nitrogens with zero attached hydrogens (tertiary/aromatic N) is 2. The molecule has 6 nitrogen and oxygen atoms in total. The number of Topliss-reactive ketones (excluding diaryl/α,β-unsaturated/α-hetero) is 1. The number of ketones is 1. The van der Waals surface area contributed by atoms with E-state index in [1.165, 1.54) is 0 Å². The monoisotopic (exact) mass is 436 g/mol. The maximum absolute atomic E-state index is 13.0. The first-order valence-electron chi connectivity index (χ1n) is 11.3. The lowest BCUT2D eigenvalue weighted by molar-refractivity contribution is -0.139. The Morgan fingerprint density at radius 3 is 2.12 bits per heavy atom. The molecule has 0 saturated carbocycles. The van der Waals surface area contributed by atoms with Gasteiger partial charge in [-0.05, 0) is 69.2 Å². The van der Waals surface area contributed by atoms with Gasteiger partial charge in [0.25, 0.3) is 11.7 Å². The van der Waals surface area contributed by atoms with Gasteiger partial charge in [0.1, 0.15) is 11.5 Å². The number of benzene rings is 2. The third-order valence-electron chi connectivity index (χ3n) is 5.78. The minimum Gasteiger partial charge on any atom is -0.507 e. The van der Waals surface area contributed by atoms with E-state index in [9.17, 15) is 14.7 Å². The van der Waals surface area contributed by atoms with E-state index in [0.717, 1.165) is 24.3 Å². The molecule has 0 radical (unpaired) electrons. The van der Waals surface area contributed by atoms with Gasteiger partial charge in [0.15, 0.2) is 0 Å². The van der Waals surface area contributed by atoms with Crippen LogP contribution in [-0.4, -0.2) is 47.9 Å². The number of likely N-dealkylation sites (tertiary alicyclic amines) is 1. The standard InChI is InChI=1S/C26H32N2O4/c1-5-17-28-23(18-9-13-20(14-10-18)27(6-2)7-3)22(25(30)26(28)31)24(29)19-11-15-21(16-12-19)32-8-4/h9-16,23,29H,5-8,17H2,1-4H3/b24-22-. The molecule has 0 bridgehead atoms. The van der Waals surface area contributed by atoms with Crippen LogP contribution in [0.25, 0.3) is 5.76 Å². The summed E-state index contributed by atoms with van der Waals surface area (Å²) in [5, 5.41) is 11.1. The zero-order chi connectivity index (χ0) is 23.3. The number of ether oxygens (including phenoxy) is 1. The molecule has 1 N–H and O–H groups in total. The smallest absolute Gasteiger partial charge is 0.295 e. The molecule has 2 aromatic rings. The zero-order valence-corrected chi connectivity index (χ0v) is 19.3. The predicted molar refractivity (Wildman–Crippen MR) is 127 cm³/mol. The van der Waals surface area contributed by atoms with E-state index in [0.29, 0.717) is 30.9 Å². The quantitative estimate of drug-likeness (QED) is 0.349. The second-order valence-electron chi connectivity index (χ2n) is 7.71. The molecule has 1 unspecified atom stereocenters. The van der Waals surface area contributed by atoms with Crippen molar-refractivity contribution in [2.45, 2.75) is 40.2 Å². The van der Waals surface area contributed by atoms with Gasteiger partial charge in [-0.15, -0.1) is 0 Å². The second-order valence-corrected chi connectivity index (χ2v) is 7.71. The van der Waals surface area contributed by atoms with Crippen LogP contribution in [-0.2, 0) is 9.59 Å². The van der Waals surface area contributed by atoms with Crippen LogP contribution in [0.4, 0.5) is 5.69 Å². The van der Waals surface area contributed by atoms with E-state index in [1.807, 2.05) is 38.1 Å². The number of hydrogen-bond acceptors (Lipinski definition) is 5. The van der Waals surface area contributed by atoms with Crippen LogP contribution in [0.5, 0.6) is 5.75 Å². The molecule has 1 amide bonds. The number of carbonyl (C=O) groups excluding carboxylic acids is 2. The van der Waals surface area contributed by atoms with Crippen LogP contribution < -0.4 is 9.64 Å². The first kappa shape index (κ1) is 23.4. The zero-order valence-electron chi connectivity index (χ0n) is 19.3. The molecule has 6 heteroatoms. The Bertz CT molecular complexity index is 976. The van der Waals surface area contributed by atoms with Crippen molar-refractivity contribution in [2.24, 2.45) is 0 Å². The summed E-state index contributed by atoms with van der Waals surface area (Å²) in [6.45, 7) is 10.8. The number of rotatable bonds is 9. The highest BCUT2D eigenvalue weighted by Crippen LogP contribution is 2.40. The van der Waals surface area contributed by atoms with E-state index in [-0.39, 0.29) is 11.3 Å². The fraction of sp³-hybridized carbons (Fsp3) is 0.385. The van der Waals surface area contributed by atoms with Gasteiger partial charge in [-0.1, -0.05) is 19.1 Å². The average Bonchev–Trinajstić information content (AvgIpc) is 3.06. The Morgan fingerprint density at radius 2 is 1.59 bits per heavy atom. The van der Waals surface area contributed by atoms with Crippen molar-refractivity contribution >= 4 is 23.1 Å². The normalized spacial score (nSPS) is 17.6. The molecule has 1 aliphatic rings. The predicted octanol–water partition coefficient (Wildman–Crippen LogP) is 4.76. The molecule has 0 aromatic heterocycles. The third kappa shape index (κ3) is 4.49. The molecule has 2 aromatic carbocycles. The summed E-state index contributed by atoms with van der Waals surface area (Å²) >= 11 is 0. The maximum Gasteiger partial charge on any atom is 0.295 e. The average molecular weight is 437 g/mol. The van der Waals surface area contributed by atoms with Crippen LogP contribution in [0.1, 0.15) is 51.3 Å². The molecule has 170 valence electrons. The Balaban J connectivity index is 2.07. The van der Waals surface area contributed by atoms with Crippen molar-refractivity contribution in [3.63, 3.8) is 0 Å². The van der Waals surface area contributed by atoms with Gasteiger partial charge in [0.2, 0.25) is 0 Å². The van der Waals surface area contributed by atoms with Gasteiger partial charge in [0.05, 0.1) is 18.2 Å². The van der Waals surface area contributed by atoms with Gasteiger partial charge >= 0.3 is 0 Å². The van der Waals surface area contributed by atoms with Gasteiger partial charge in [-0.3, -0.25) is 9.59 Å². The largest absolute Gasteiger partial charge is 0.507 e. The highest BCUT2D eigenvalue weighted by atomic mass is 16.5. The molecule has 1 heterocycles. The fourth-order valence-electron chi connectivity index (χ4n) is 4.19. The Hall–Kier alpha value is -3.28. The van der Waals surface area contributed by atoms with Crippen molar-refractivity contribution in [1.29, 1.82) is 0 Å². The lowest BCUT2D eigenvalue weighted by Gasteiger charge is -2.26. The van der Waals surface area contributed by atoms with Crippen LogP contribution in [0, 0.1) is 0 Å². The number of amides is 1. The number of carbonyl (C=O) groups is 2. The van der Waals surface area contributed by atoms with Gasteiger partial charge in [-0.25, -0.2) is 0 Å².